The maximum Gasteiger partial charge on any atom is 0.317 e. The van der Waals surface area contributed by atoms with Crippen molar-refractivity contribution in [2.45, 2.75) is 51.6 Å². The number of hydrogen-bond donors (Lipinski definition) is 3. The molecule has 146 valence electrons. The monoisotopic (exact) mass is 382 g/mol. The summed E-state index contributed by atoms with van der Waals surface area (Å²) in [5.41, 5.74) is 8.32. The summed E-state index contributed by atoms with van der Waals surface area (Å²) in [5.74, 6) is -0.0824. The zero-order chi connectivity index (χ0) is 18.3. The molecule has 0 bridgehead atoms. The van der Waals surface area contributed by atoms with Crippen molar-refractivity contribution in [1.82, 2.24) is 15.5 Å². The first-order chi connectivity index (χ1) is 12.0. The van der Waals surface area contributed by atoms with Gasteiger partial charge in [-0.05, 0) is 30.4 Å². The highest BCUT2D eigenvalue weighted by molar-refractivity contribution is 5.85. The van der Waals surface area contributed by atoms with Gasteiger partial charge in [-0.25, -0.2) is 4.79 Å². The molecule has 1 heterocycles. The predicted octanol–water partition coefficient (Wildman–Crippen LogP) is 2.20. The molecule has 1 aliphatic heterocycles. The first-order valence-corrected chi connectivity index (χ1v) is 9.12. The van der Waals surface area contributed by atoms with E-state index in [9.17, 15) is 9.59 Å². The lowest BCUT2D eigenvalue weighted by atomic mass is 9.94. The molecule has 0 spiro atoms. The van der Waals surface area contributed by atoms with Gasteiger partial charge in [-0.1, -0.05) is 38.1 Å². The van der Waals surface area contributed by atoms with E-state index < -0.39 is 0 Å². The third-order valence-electron chi connectivity index (χ3n) is 5.09. The molecule has 26 heavy (non-hydrogen) atoms. The zero-order valence-electron chi connectivity index (χ0n) is 15.7. The van der Waals surface area contributed by atoms with Crippen molar-refractivity contribution in [2.75, 3.05) is 19.6 Å². The average molecular weight is 383 g/mol. The van der Waals surface area contributed by atoms with Crippen LogP contribution in [0.1, 0.15) is 44.2 Å². The minimum atomic E-state index is -0.347. The number of carbonyl (C=O) groups is 2. The molecular weight excluding hydrogens is 352 g/mol. The van der Waals surface area contributed by atoms with Crippen LogP contribution < -0.4 is 16.4 Å². The van der Waals surface area contributed by atoms with E-state index in [-0.39, 0.29) is 36.3 Å². The molecule has 0 aliphatic carbocycles. The van der Waals surface area contributed by atoms with Crippen molar-refractivity contribution in [1.29, 1.82) is 0 Å². The molecule has 0 radical (unpaired) electrons. The maximum absolute atomic E-state index is 12.3. The molecule has 6 nitrogen and oxygen atoms in total. The smallest absolute Gasteiger partial charge is 0.317 e. The lowest BCUT2D eigenvalue weighted by molar-refractivity contribution is -0.121. The van der Waals surface area contributed by atoms with Gasteiger partial charge in [0.25, 0.3) is 0 Å². The second-order valence-electron chi connectivity index (χ2n) is 6.77. The number of carbonyl (C=O) groups excluding carboxylic acids is 2. The number of halogens is 1. The second-order valence-corrected chi connectivity index (χ2v) is 6.77. The first kappa shape index (κ1) is 22.3. The number of rotatable bonds is 7. The van der Waals surface area contributed by atoms with Crippen molar-refractivity contribution in [2.24, 2.45) is 5.73 Å². The third-order valence-corrected chi connectivity index (χ3v) is 5.09. The summed E-state index contributed by atoms with van der Waals surface area (Å²) in [6, 6.07) is 8.08. The standard InChI is InChI=1S/C19H30N4O2.ClH/c1-3-19(20,4-2)14-22-17(24)9-11-21-18(25)23-12-10-15-7-5-6-8-16(15)13-23;/h5-8H,3-4,9-14,20H2,1-2H3,(H,21,25)(H,22,24);1H. The summed E-state index contributed by atoms with van der Waals surface area (Å²) >= 11 is 0. The van der Waals surface area contributed by atoms with Crippen LogP contribution in [-0.4, -0.2) is 42.0 Å². The van der Waals surface area contributed by atoms with Crippen molar-refractivity contribution in [3.05, 3.63) is 35.4 Å². The molecule has 0 unspecified atom stereocenters. The van der Waals surface area contributed by atoms with Gasteiger partial charge in [0.05, 0.1) is 0 Å². The van der Waals surface area contributed by atoms with Gasteiger partial charge in [-0.2, -0.15) is 0 Å². The summed E-state index contributed by atoms with van der Waals surface area (Å²) in [6.07, 6.45) is 2.77. The highest BCUT2D eigenvalue weighted by Gasteiger charge is 2.22. The number of fused-ring (bicyclic) bond motifs is 1. The van der Waals surface area contributed by atoms with E-state index in [4.69, 9.17) is 5.73 Å². The van der Waals surface area contributed by atoms with E-state index in [1.54, 1.807) is 4.90 Å². The molecule has 3 amide bonds. The van der Waals surface area contributed by atoms with E-state index in [0.717, 1.165) is 19.3 Å². The van der Waals surface area contributed by atoms with E-state index in [1.807, 2.05) is 26.0 Å². The Bertz CT molecular complexity index is 605. The van der Waals surface area contributed by atoms with Gasteiger partial charge in [0, 0.05) is 38.1 Å². The number of nitrogens with two attached hydrogens (primary N) is 1. The van der Waals surface area contributed by atoms with Crippen LogP contribution >= 0.6 is 12.4 Å². The lowest BCUT2D eigenvalue weighted by Gasteiger charge is -2.29. The number of amides is 3. The molecule has 0 saturated carbocycles. The van der Waals surface area contributed by atoms with Crippen molar-refractivity contribution < 1.29 is 9.59 Å². The van der Waals surface area contributed by atoms with Gasteiger partial charge in [0.1, 0.15) is 0 Å². The van der Waals surface area contributed by atoms with Crippen molar-refractivity contribution in [3.63, 3.8) is 0 Å². The van der Waals surface area contributed by atoms with Gasteiger partial charge >= 0.3 is 6.03 Å². The molecule has 1 aliphatic rings. The van der Waals surface area contributed by atoms with E-state index in [1.165, 1.54) is 11.1 Å². The van der Waals surface area contributed by atoms with E-state index in [0.29, 0.717) is 26.2 Å². The fourth-order valence-corrected chi connectivity index (χ4v) is 2.93. The SMILES string of the molecule is CCC(N)(CC)CNC(=O)CCNC(=O)N1CCc2ccccc2C1.Cl. The van der Waals surface area contributed by atoms with Crippen LogP contribution in [0.25, 0.3) is 0 Å². The second kappa shape index (κ2) is 10.4. The molecule has 0 aromatic heterocycles. The van der Waals surface area contributed by atoms with Gasteiger partial charge in [-0.3, -0.25) is 4.79 Å². The van der Waals surface area contributed by atoms with Crippen LogP contribution in [0, 0.1) is 0 Å². The Balaban J connectivity index is 0.00000338. The van der Waals surface area contributed by atoms with Crippen LogP contribution in [0.3, 0.4) is 0 Å². The molecule has 2 rings (SSSR count). The molecular formula is C19H31ClN4O2. The Morgan fingerprint density at radius 3 is 2.46 bits per heavy atom. The molecule has 0 atom stereocenters. The number of hydrogen-bond acceptors (Lipinski definition) is 3. The number of benzene rings is 1. The van der Waals surface area contributed by atoms with Gasteiger partial charge in [-0.15, -0.1) is 12.4 Å². The largest absolute Gasteiger partial charge is 0.354 e. The molecule has 7 heteroatoms. The summed E-state index contributed by atoms with van der Waals surface area (Å²) in [6.45, 7) is 6.17. The van der Waals surface area contributed by atoms with Gasteiger partial charge < -0.3 is 21.3 Å². The quantitative estimate of drug-likeness (QED) is 0.675. The maximum atomic E-state index is 12.3. The predicted molar refractivity (Wildman–Crippen MR) is 106 cm³/mol. The first-order valence-electron chi connectivity index (χ1n) is 9.12. The Morgan fingerprint density at radius 2 is 1.81 bits per heavy atom. The summed E-state index contributed by atoms with van der Waals surface area (Å²) in [4.78, 5) is 26.0. The molecule has 0 fully saturated rings. The van der Waals surface area contributed by atoms with Gasteiger partial charge in [0.2, 0.25) is 5.91 Å². The Labute approximate surface area is 162 Å². The fraction of sp³-hybridized carbons (Fsp3) is 0.579. The highest BCUT2D eigenvalue weighted by Crippen LogP contribution is 2.18. The number of urea groups is 1. The average Bonchev–Trinajstić information content (AvgIpc) is 2.65. The van der Waals surface area contributed by atoms with E-state index >= 15 is 0 Å². The highest BCUT2D eigenvalue weighted by atomic mass is 35.5. The minimum Gasteiger partial charge on any atom is -0.354 e. The topological polar surface area (TPSA) is 87.5 Å². The van der Waals surface area contributed by atoms with E-state index in [2.05, 4.69) is 22.8 Å². The summed E-state index contributed by atoms with van der Waals surface area (Å²) in [7, 11) is 0. The van der Waals surface area contributed by atoms with Crippen LogP contribution in [-0.2, 0) is 17.8 Å². The van der Waals surface area contributed by atoms with Crippen LogP contribution in [0.5, 0.6) is 0 Å². The molecule has 1 aromatic rings. The van der Waals surface area contributed by atoms with Crippen molar-refractivity contribution >= 4 is 24.3 Å². The molecule has 4 N–H and O–H groups in total. The zero-order valence-corrected chi connectivity index (χ0v) is 16.5. The summed E-state index contributed by atoms with van der Waals surface area (Å²) < 4.78 is 0. The minimum absolute atomic E-state index is 0. The van der Waals surface area contributed by atoms with Crippen LogP contribution in [0.15, 0.2) is 24.3 Å². The Morgan fingerprint density at radius 1 is 1.15 bits per heavy atom. The number of nitrogens with zero attached hydrogens (tertiary/aromatic N) is 1. The summed E-state index contributed by atoms with van der Waals surface area (Å²) in [5, 5.41) is 5.70. The normalized spacial score (nSPS) is 13.4. The Kier molecular flexibility index (Phi) is 8.88. The molecule has 1 aromatic carbocycles. The fourth-order valence-electron chi connectivity index (χ4n) is 2.93. The lowest BCUT2D eigenvalue weighted by Crippen LogP contribution is -2.49. The van der Waals surface area contributed by atoms with Crippen molar-refractivity contribution in [3.8, 4) is 0 Å². The number of nitrogens with one attached hydrogen (secondary N) is 2. The Hall–Kier alpha value is -1.79. The van der Waals surface area contributed by atoms with Crippen LogP contribution in [0.2, 0.25) is 0 Å². The van der Waals surface area contributed by atoms with Crippen LogP contribution in [0.4, 0.5) is 4.79 Å². The molecule has 0 saturated heterocycles. The van der Waals surface area contributed by atoms with Gasteiger partial charge in [0.15, 0.2) is 0 Å². The third kappa shape index (κ3) is 6.18.